The summed E-state index contributed by atoms with van der Waals surface area (Å²) in [4.78, 5) is 0. The summed E-state index contributed by atoms with van der Waals surface area (Å²) in [5.41, 5.74) is 0. The smallest absolute Gasteiger partial charge is 0 e. The Morgan fingerprint density at radius 2 is 0.400 bits per heavy atom. The molecule has 0 saturated carbocycles. The van der Waals surface area contributed by atoms with E-state index in [1.165, 1.54) is 0 Å². The van der Waals surface area contributed by atoms with Crippen LogP contribution in [0.3, 0.4) is 0 Å². The Balaban J connectivity index is 0. The van der Waals surface area contributed by atoms with Crippen LogP contribution in [0.5, 0.6) is 0 Å². The molecule has 0 aliphatic carbocycles. The van der Waals surface area contributed by atoms with Gasteiger partial charge in [0.1, 0.15) is 0 Å². The normalized spacial score (nSPS) is 0. The van der Waals surface area contributed by atoms with Crippen LogP contribution in [0, 0.1) is 0 Å². The molecule has 0 unspecified atom stereocenters. The molecule has 0 aromatic heterocycles. The molecular weight excluding hydrogens is 198 g/mol. The SMILES string of the molecule is S.S.S.[V].[V]. The van der Waals surface area contributed by atoms with Gasteiger partial charge in [0, 0.05) is 37.1 Å². The number of hydrogen-bond acceptors (Lipinski definition) is 0. The predicted molar refractivity (Wildman–Crippen MR) is 31.1 cm³/mol. The van der Waals surface area contributed by atoms with Crippen LogP contribution < -0.4 is 0 Å². The number of hydrogen-bond donors (Lipinski definition) is 0. The Bertz CT molecular complexity index is 4.85. The van der Waals surface area contributed by atoms with E-state index in [0.717, 1.165) is 0 Å². The van der Waals surface area contributed by atoms with Crippen LogP contribution in [-0.4, -0.2) is 0 Å². The molecule has 34 valence electrons. The first-order valence-electron chi connectivity index (χ1n) is 0. The second-order valence-corrected chi connectivity index (χ2v) is 0. The first kappa shape index (κ1) is 56.7. The average Bonchev–Trinajstić information content (AvgIpc) is 0. The van der Waals surface area contributed by atoms with Gasteiger partial charge < -0.3 is 0 Å². The van der Waals surface area contributed by atoms with Gasteiger partial charge >= 0.3 is 0 Å². The van der Waals surface area contributed by atoms with Crippen molar-refractivity contribution in [3.05, 3.63) is 0 Å². The Morgan fingerprint density at radius 3 is 0.400 bits per heavy atom. The van der Waals surface area contributed by atoms with Crippen LogP contribution in [0.4, 0.5) is 0 Å². The molecule has 0 aliphatic heterocycles. The van der Waals surface area contributed by atoms with Gasteiger partial charge in [-0.25, -0.2) is 0 Å². The van der Waals surface area contributed by atoms with Crippen molar-refractivity contribution in [2.24, 2.45) is 0 Å². The maximum Gasteiger partial charge on any atom is 0 e. The van der Waals surface area contributed by atoms with Crippen molar-refractivity contribution >= 4 is 40.5 Å². The van der Waals surface area contributed by atoms with E-state index in [2.05, 4.69) is 0 Å². The van der Waals surface area contributed by atoms with E-state index in [1.807, 2.05) is 0 Å². The fourth-order valence-corrected chi connectivity index (χ4v) is 0. The minimum Gasteiger partial charge on any atom is -0.197 e. The molecule has 5 heavy (non-hydrogen) atoms. The van der Waals surface area contributed by atoms with Crippen LogP contribution in [0.15, 0.2) is 0 Å². The molecule has 0 fully saturated rings. The fourth-order valence-electron chi connectivity index (χ4n) is 0. The summed E-state index contributed by atoms with van der Waals surface area (Å²) in [6.45, 7) is 0. The third-order valence-electron chi connectivity index (χ3n) is 0. The van der Waals surface area contributed by atoms with Gasteiger partial charge in [0.15, 0.2) is 0 Å². The van der Waals surface area contributed by atoms with E-state index in [0.29, 0.717) is 0 Å². The minimum absolute atomic E-state index is 0. The largest absolute Gasteiger partial charge is 0.197 e. The van der Waals surface area contributed by atoms with Gasteiger partial charge in [0.05, 0.1) is 0 Å². The molecule has 0 aromatic rings. The summed E-state index contributed by atoms with van der Waals surface area (Å²) in [6, 6.07) is 0. The van der Waals surface area contributed by atoms with Gasteiger partial charge in [-0.05, 0) is 0 Å². The van der Waals surface area contributed by atoms with E-state index < -0.39 is 0 Å². The van der Waals surface area contributed by atoms with E-state index in [-0.39, 0.29) is 77.6 Å². The van der Waals surface area contributed by atoms with E-state index in [4.69, 9.17) is 0 Å². The van der Waals surface area contributed by atoms with Gasteiger partial charge in [-0.15, -0.1) is 0 Å². The van der Waals surface area contributed by atoms with E-state index >= 15 is 0 Å². The van der Waals surface area contributed by atoms with E-state index in [1.54, 1.807) is 0 Å². The monoisotopic (exact) mass is 204 g/mol. The maximum atomic E-state index is 0. The van der Waals surface area contributed by atoms with E-state index in [9.17, 15) is 0 Å². The van der Waals surface area contributed by atoms with Crippen LogP contribution in [0.2, 0.25) is 0 Å². The maximum absolute atomic E-state index is 0. The first-order valence-corrected chi connectivity index (χ1v) is 0. The summed E-state index contributed by atoms with van der Waals surface area (Å²) in [5.74, 6) is 0. The number of rotatable bonds is 0. The molecule has 0 nitrogen and oxygen atoms in total. The van der Waals surface area contributed by atoms with Crippen LogP contribution in [-0.2, 0) is 37.1 Å². The standard InChI is InChI=1S/3H2S.2V/h3*1H2;;. The van der Waals surface area contributed by atoms with Crippen molar-refractivity contribution in [1.29, 1.82) is 0 Å². The molecule has 0 bridgehead atoms. The van der Waals surface area contributed by atoms with Gasteiger partial charge in [0.25, 0.3) is 0 Å². The second-order valence-electron chi connectivity index (χ2n) is 0. The zero-order valence-electron chi connectivity index (χ0n) is 2.39. The molecule has 5 heteroatoms. The second kappa shape index (κ2) is 34.4. The molecular formula is H6S3V2. The quantitative estimate of drug-likeness (QED) is 0.533. The van der Waals surface area contributed by atoms with Gasteiger partial charge in [-0.3, -0.25) is 0 Å². The molecule has 0 heterocycles. The third-order valence-corrected chi connectivity index (χ3v) is 0. The summed E-state index contributed by atoms with van der Waals surface area (Å²) >= 11 is 0. The first-order chi connectivity index (χ1) is 0. The molecule has 0 atom stereocenters. The van der Waals surface area contributed by atoms with Crippen molar-refractivity contribution in [3.63, 3.8) is 0 Å². The Hall–Kier alpha value is 2.22. The summed E-state index contributed by atoms with van der Waals surface area (Å²) in [6.07, 6.45) is 0. The molecule has 0 aromatic carbocycles. The Kier molecular flexibility index (Phi) is 390. The predicted octanol–water partition coefficient (Wildman–Crippen LogP) is 0.333. The van der Waals surface area contributed by atoms with Gasteiger partial charge in [-0.2, -0.15) is 40.5 Å². The summed E-state index contributed by atoms with van der Waals surface area (Å²) < 4.78 is 0. The van der Waals surface area contributed by atoms with Gasteiger partial charge in [0.2, 0.25) is 0 Å². The Labute approximate surface area is 77.0 Å². The molecule has 2 radical (unpaired) electrons. The molecule has 0 rings (SSSR count). The average molecular weight is 204 g/mol. The van der Waals surface area contributed by atoms with Crippen LogP contribution in [0.25, 0.3) is 0 Å². The topological polar surface area (TPSA) is 0 Å². The summed E-state index contributed by atoms with van der Waals surface area (Å²) in [5, 5.41) is 0. The van der Waals surface area contributed by atoms with Crippen molar-refractivity contribution in [1.82, 2.24) is 0 Å². The van der Waals surface area contributed by atoms with Crippen molar-refractivity contribution < 1.29 is 37.1 Å². The third kappa shape index (κ3) is 22.5. The fraction of sp³-hybridized carbons (Fsp3) is 0. The van der Waals surface area contributed by atoms with Crippen molar-refractivity contribution in [3.8, 4) is 0 Å². The van der Waals surface area contributed by atoms with Crippen molar-refractivity contribution in [2.75, 3.05) is 0 Å². The molecule has 0 N–H and O–H groups in total. The molecule has 0 amide bonds. The van der Waals surface area contributed by atoms with Gasteiger partial charge in [-0.1, -0.05) is 0 Å². The zero-order chi connectivity index (χ0) is 0. The summed E-state index contributed by atoms with van der Waals surface area (Å²) in [7, 11) is 0. The van der Waals surface area contributed by atoms with Crippen LogP contribution in [0.1, 0.15) is 0 Å². The molecule has 0 aliphatic rings. The zero-order valence-corrected chi connectivity index (χ0v) is 8.19. The molecule has 0 spiro atoms. The van der Waals surface area contributed by atoms with Crippen LogP contribution >= 0.6 is 40.5 Å². The van der Waals surface area contributed by atoms with Crippen molar-refractivity contribution in [2.45, 2.75) is 0 Å². The minimum atomic E-state index is 0. The molecule has 0 saturated heterocycles. The Morgan fingerprint density at radius 1 is 0.400 bits per heavy atom.